The van der Waals surface area contributed by atoms with Crippen LogP contribution in [0, 0.1) is 11.3 Å². The summed E-state index contributed by atoms with van der Waals surface area (Å²) in [4.78, 5) is 4.04. The summed E-state index contributed by atoms with van der Waals surface area (Å²) in [5.74, 6) is 0.730. The molecule has 0 aliphatic carbocycles. The highest BCUT2D eigenvalue weighted by molar-refractivity contribution is 5.49. The molecule has 14 heavy (non-hydrogen) atoms. The van der Waals surface area contributed by atoms with Crippen LogP contribution in [0.2, 0.25) is 0 Å². The summed E-state index contributed by atoms with van der Waals surface area (Å²) in [6.45, 7) is 0.865. The first kappa shape index (κ1) is 7.77. The topological polar surface area (TPSA) is 57.9 Å². The SMILES string of the molecule is N#Cc1cncc2c1OC1CNC2C1. The second kappa shape index (κ2) is 2.69. The Morgan fingerprint density at radius 3 is 3.36 bits per heavy atom. The van der Waals surface area contributed by atoms with Crippen LogP contribution in [-0.2, 0) is 0 Å². The molecule has 1 aromatic heterocycles. The summed E-state index contributed by atoms with van der Waals surface area (Å²) in [5, 5.41) is 12.2. The highest BCUT2D eigenvalue weighted by atomic mass is 16.5. The molecule has 4 heteroatoms. The quantitative estimate of drug-likeness (QED) is 0.651. The fourth-order valence-corrected chi connectivity index (χ4v) is 2.12. The van der Waals surface area contributed by atoms with E-state index in [1.807, 2.05) is 0 Å². The Bertz CT molecular complexity index is 424. The van der Waals surface area contributed by atoms with Gasteiger partial charge in [0.1, 0.15) is 23.5 Å². The number of ether oxygens (including phenoxy) is 1. The molecule has 0 aromatic carbocycles. The van der Waals surface area contributed by atoms with Crippen LogP contribution >= 0.6 is 0 Å². The molecule has 1 fully saturated rings. The van der Waals surface area contributed by atoms with Gasteiger partial charge in [-0.1, -0.05) is 0 Å². The third kappa shape index (κ3) is 0.932. The van der Waals surface area contributed by atoms with Crippen LogP contribution in [0.3, 0.4) is 0 Å². The number of aromatic nitrogens is 1. The maximum absolute atomic E-state index is 8.90. The number of nitrogens with one attached hydrogen (secondary N) is 1. The van der Waals surface area contributed by atoms with Crippen LogP contribution in [0.25, 0.3) is 0 Å². The van der Waals surface area contributed by atoms with Gasteiger partial charge in [0.25, 0.3) is 0 Å². The molecule has 3 heterocycles. The molecule has 2 atom stereocenters. The van der Waals surface area contributed by atoms with E-state index in [0.29, 0.717) is 11.6 Å². The van der Waals surface area contributed by atoms with Gasteiger partial charge in [0, 0.05) is 37.0 Å². The Kier molecular flexibility index (Phi) is 1.49. The number of hydrogen-bond donors (Lipinski definition) is 1. The lowest BCUT2D eigenvalue weighted by Crippen LogP contribution is -2.20. The number of nitriles is 1. The predicted molar refractivity (Wildman–Crippen MR) is 48.7 cm³/mol. The molecule has 0 spiro atoms. The maximum atomic E-state index is 8.90. The number of rotatable bonds is 0. The van der Waals surface area contributed by atoms with Gasteiger partial charge in [-0.15, -0.1) is 0 Å². The molecule has 2 unspecified atom stereocenters. The first-order valence-corrected chi connectivity index (χ1v) is 4.66. The molecule has 3 rings (SSSR count). The summed E-state index contributed by atoms with van der Waals surface area (Å²) < 4.78 is 5.72. The standard InChI is InChI=1S/C10H9N3O/c11-2-6-3-12-5-8-9-1-7(4-13-9)14-10(6)8/h3,5,7,9,13H,1,4H2. The Hall–Kier alpha value is -1.60. The fraction of sp³-hybridized carbons (Fsp3) is 0.400. The third-order valence-corrected chi connectivity index (χ3v) is 2.79. The zero-order chi connectivity index (χ0) is 9.54. The van der Waals surface area contributed by atoms with E-state index < -0.39 is 0 Å². The predicted octanol–water partition coefficient (Wildman–Crippen LogP) is 0.749. The maximum Gasteiger partial charge on any atom is 0.145 e. The Morgan fingerprint density at radius 1 is 1.57 bits per heavy atom. The van der Waals surface area contributed by atoms with Crippen molar-refractivity contribution in [2.24, 2.45) is 0 Å². The minimum Gasteiger partial charge on any atom is -0.487 e. The van der Waals surface area contributed by atoms with Crippen molar-refractivity contribution in [1.29, 1.82) is 5.26 Å². The molecule has 1 aromatic rings. The van der Waals surface area contributed by atoms with Crippen LogP contribution < -0.4 is 10.1 Å². The van der Waals surface area contributed by atoms with Crippen molar-refractivity contribution in [3.63, 3.8) is 0 Å². The van der Waals surface area contributed by atoms with Crippen LogP contribution in [0.5, 0.6) is 5.75 Å². The van der Waals surface area contributed by atoms with Gasteiger partial charge in [-0.3, -0.25) is 4.98 Å². The summed E-state index contributed by atoms with van der Waals surface area (Å²) in [5.41, 5.74) is 1.57. The van der Waals surface area contributed by atoms with Gasteiger partial charge >= 0.3 is 0 Å². The van der Waals surface area contributed by atoms with E-state index in [0.717, 1.165) is 24.3 Å². The van der Waals surface area contributed by atoms with Gasteiger partial charge in [-0.2, -0.15) is 5.26 Å². The monoisotopic (exact) mass is 187 g/mol. The molecular formula is C10H9N3O. The minimum absolute atomic E-state index is 0.224. The van der Waals surface area contributed by atoms with E-state index in [1.54, 1.807) is 12.4 Å². The van der Waals surface area contributed by atoms with Gasteiger partial charge in [-0.25, -0.2) is 0 Å². The molecule has 1 N–H and O–H groups in total. The number of hydrogen-bond acceptors (Lipinski definition) is 4. The Morgan fingerprint density at radius 2 is 2.50 bits per heavy atom. The minimum atomic E-state index is 0.224. The van der Waals surface area contributed by atoms with Crippen LogP contribution in [0.4, 0.5) is 0 Å². The first-order chi connectivity index (χ1) is 6.88. The molecule has 2 bridgehead atoms. The highest BCUT2D eigenvalue weighted by Gasteiger charge is 2.35. The zero-order valence-electron chi connectivity index (χ0n) is 7.53. The van der Waals surface area contributed by atoms with Gasteiger partial charge in [0.2, 0.25) is 0 Å². The fourth-order valence-electron chi connectivity index (χ4n) is 2.12. The van der Waals surface area contributed by atoms with Gasteiger partial charge in [-0.05, 0) is 0 Å². The smallest absolute Gasteiger partial charge is 0.145 e. The number of pyridine rings is 1. The van der Waals surface area contributed by atoms with Crippen LogP contribution in [0.15, 0.2) is 12.4 Å². The van der Waals surface area contributed by atoms with Crippen molar-refractivity contribution in [3.8, 4) is 11.8 Å². The highest BCUT2D eigenvalue weighted by Crippen LogP contribution is 2.39. The zero-order valence-corrected chi connectivity index (χ0v) is 7.53. The molecule has 1 saturated heterocycles. The third-order valence-electron chi connectivity index (χ3n) is 2.79. The van der Waals surface area contributed by atoms with Crippen molar-refractivity contribution in [1.82, 2.24) is 10.3 Å². The molecular weight excluding hydrogens is 178 g/mol. The average molecular weight is 187 g/mol. The summed E-state index contributed by atoms with van der Waals surface area (Å²) in [6, 6.07) is 2.43. The van der Waals surface area contributed by atoms with Crippen LogP contribution in [-0.4, -0.2) is 17.6 Å². The van der Waals surface area contributed by atoms with Gasteiger partial charge in [0.15, 0.2) is 0 Å². The lowest BCUT2D eigenvalue weighted by Gasteiger charge is -2.23. The normalized spacial score (nSPS) is 27.6. The lowest BCUT2D eigenvalue weighted by atomic mass is 10.0. The Balaban J connectivity index is 2.18. The molecule has 0 saturated carbocycles. The molecule has 0 radical (unpaired) electrons. The molecule has 4 nitrogen and oxygen atoms in total. The molecule has 2 aliphatic rings. The van der Waals surface area contributed by atoms with Crippen molar-refractivity contribution in [2.45, 2.75) is 18.6 Å². The van der Waals surface area contributed by atoms with E-state index in [-0.39, 0.29) is 6.10 Å². The van der Waals surface area contributed by atoms with E-state index in [9.17, 15) is 0 Å². The van der Waals surface area contributed by atoms with E-state index in [2.05, 4.69) is 16.4 Å². The van der Waals surface area contributed by atoms with Crippen LogP contribution in [0.1, 0.15) is 23.6 Å². The summed E-state index contributed by atoms with van der Waals surface area (Å²) in [6.07, 6.45) is 4.56. The van der Waals surface area contributed by atoms with E-state index in [1.165, 1.54) is 0 Å². The second-order valence-electron chi connectivity index (χ2n) is 3.65. The van der Waals surface area contributed by atoms with Gasteiger partial charge < -0.3 is 10.1 Å². The van der Waals surface area contributed by atoms with Gasteiger partial charge in [0.05, 0.1) is 0 Å². The summed E-state index contributed by atoms with van der Waals surface area (Å²) >= 11 is 0. The Labute approximate surface area is 81.5 Å². The molecule has 0 amide bonds. The average Bonchev–Trinajstić information content (AvgIpc) is 2.61. The van der Waals surface area contributed by atoms with Crippen molar-refractivity contribution >= 4 is 0 Å². The molecule has 2 aliphatic heterocycles. The van der Waals surface area contributed by atoms with E-state index >= 15 is 0 Å². The number of nitrogens with zero attached hydrogens (tertiary/aromatic N) is 2. The van der Waals surface area contributed by atoms with Crippen molar-refractivity contribution in [3.05, 3.63) is 23.5 Å². The molecule has 70 valence electrons. The lowest BCUT2D eigenvalue weighted by molar-refractivity contribution is 0.203. The number of fused-ring (bicyclic) bond motifs is 4. The first-order valence-electron chi connectivity index (χ1n) is 4.66. The van der Waals surface area contributed by atoms with Crippen molar-refractivity contribution < 1.29 is 4.74 Å². The van der Waals surface area contributed by atoms with E-state index in [4.69, 9.17) is 10.00 Å². The van der Waals surface area contributed by atoms with Crippen molar-refractivity contribution in [2.75, 3.05) is 6.54 Å². The largest absolute Gasteiger partial charge is 0.487 e. The second-order valence-corrected chi connectivity index (χ2v) is 3.65. The summed E-state index contributed by atoms with van der Waals surface area (Å²) in [7, 11) is 0.